The number of carbonyl (C=O) groups excluding carboxylic acids is 1. The van der Waals surface area contributed by atoms with E-state index in [1.165, 1.54) is 11.1 Å². The van der Waals surface area contributed by atoms with Crippen LogP contribution in [0.25, 0.3) is 0 Å². The van der Waals surface area contributed by atoms with Crippen molar-refractivity contribution in [3.63, 3.8) is 0 Å². The fourth-order valence-corrected chi connectivity index (χ4v) is 2.72. The number of benzene rings is 1. The predicted molar refractivity (Wildman–Crippen MR) is 80.0 cm³/mol. The van der Waals surface area contributed by atoms with Crippen LogP contribution in [0, 0.1) is 5.92 Å². The van der Waals surface area contributed by atoms with Crippen LogP contribution in [0.15, 0.2) is 18.2 Å². The SMILES string of the molecule is CCCC(O)c1ccc2c(c1)CN(C(=O)CC(C)C)C2. The van der Waals surface area contributed by atoms with E-state index >= 15 is 0 Å². The molecule has 1 aliphatic rings. The van der Waals surface area contributed by atoms with E-state index in [1.807, 2.05) is 11.0 Å². The van der Waals surface area contributed by atoms with Crippen LogP contribution in [0.2, 0.25) is 0 Å². The van der Waals surface area contributed by atoms with Gasteiger partial charge in [-0.2, -0.15) is 0 Å². The lowest BCUT2D eigenvalue weighted by Crippen LogP contribution is -2.26. The zero-order valence-electron chi connectivity index (χ0n) is 12.7. The number of fused-ring (bicyclic) bond motifs is 1. The first-order chi connectivity index (χ1) is 9.51. The maximum Gasteiger partial charge on any atom is 0.223 e. The maximum absolute atomic E-state index is 12.1. The lowest BCUT2D eigenvalue weighted by molar-refractivity contribution is -0.132. The molecule has 1 N–H and O–H groups in total. The summed E-state index contributed by atoms with van der Waals surface area (Å²) in [5, 5.41) is 10.1. The number of hydrogen-bond donors (Lipinski definition) is 1. The van der Waals surface area contributed by atoms with E-state index in [0.717, 1.165) is 18.4 Å². The Kier molecular flexibility index (Phi) is 4.81. The summed E-state index contributed by atoms with van der Waals surface area (Å²) in [5.41, 5.74) is 3.38. The third kappa shape index (κ3) is 3.40. The molecule has 1 atom stereocenters. The smallest absolute Gasteiger partial charge is 0.223 e. The van der Waals surface area contributed by atoms with Gasteiger partial charge in [-0.1, -0.05) is 45.4 Å². The van der Waals surface area contributed by atoms with Crippen LogP contribution in [0.1, 0.15) is 62.8 Å². The number of hydrogen-bond acceptors (Lipinski definition) is 2. The Hall–Kier alpha value is -1.35. The van der Waals surface area contributed by atoms with Gasteiger partial charge in [0.05, 0.1) is 6.10 Å². The highest BCUT2D eigenvalue weighted by Crippen LogP contribution is 2.28. The summed E-state index contributed by atoms with van der Waals surface area (Å²) in [6.45, 7) is 7.61. The Morgan fingerprint density at radius 2 is 2.00 bits per heavy atom. The molecule has 0 radical (unpaired) electrons. The molecular formula is C17H25NO2. The van der Waals surface area contributed by atoms with Crippen LogP contribution in [0.4, 0.5) is 0 Å². The molecule has 0 fully saturated rings. The molecule has 3 heteroatoms. The van der Waals surface area contributed by atoms with E-state index in [9.17, 15) is 9.90 Å². The summed E-state index contributed by atoms with van der Waals surface area (Å²) in [4.78, 5) is 14.0. The van der Waals surface area contributed by atoms with Crippen molar-refractivity contribution in [2.45, 2.75) is 59.2 Å². The van der Waals surface area contributed by atoms with Gasteiger partial charge in [-0.25, -0.2) is 0 Å². The van der Waals surface area contributed by atoms with Crippen molar-refractivity contribution in [3.05, 3.63) is 34.9 Å². The monoisotopic (exact) mass is 275 g/mol. The van der Waals surface area contributed by atoms with Crippen LogP contribution >= 0.6 is 0 Å². The third-order valence-electron chi connectivity index (χ3n) is 3.84. The molecule has 20 heavy (non-hydrogen) atoms. The Bertz CT molecular complexity index is 482. The van der Waals surface area contributed by atoms with Crippen molar-refractivity contribution in [1.29, 1.82) is 0 Å². The second kappa shape index (κ2) is 6.40. The quantitative estimate of drug-likeness (QED) is 0.894. The van der Waals surface area contributed by atoms with Crippen LogP contribution in [-0.4, -0.2) is 15.9 Å². The molecule has 3 nitrogen and oxygen atoms in total. The molecule has 1 aromatic carbocycles. The highest BCUT2D eigenvalue weighted by atomic mass is 16.3. The Balaban J connectivity index is 2.07. The Morgan fingerprint density at radius 3 is 2.65 bits per heavy atom. The molecule has 1 aliphatic heterocycles. The second-order valence-electron chi connectivity index (χ2n) is 6.18. The topological polar surface area (TPSA) is 40.5 Å². The number of aliphatic hydroxyl groups is 1. The first-order valence-corrected chi connectivity index (χ1v) is 7.58. The van der Waals surface area contributed by atoms with Gasteiger partial charge in [0, 0.05) is 19.5 Å². The number of rotatable bonds is 5. The third-order valence-corrected chi connectivity index (χ3v) is 3.84. The molecule has 0 aromatic heterocycles. The average molecular weight is 275 g/mol. The molecule has 1 aromatic rings. The summed E-state index contributed by atoms with van der Waals surface area (Å²) in [5.74, 6) is 0.625. The summed E-state index contributed by atoms with van der Waals surface area (Å²) >= 11 is 0. The van der Waals surface area contributed by atoms with Gasteiger partial charge in [-0.05, 0) is 29.0 Å². The van der Waals surface area contributed by atoms with Gasteiger partial charge >= 0.3 is 0 Å². The zero-order valence-corrected chi connectivity index (χ0v) is 12.7. The number of nitrogens with zero attached hydrogens (tertiary/aromatic N) is 1. The van der Waals surface area contributed by atoms with Gasteiger partial charge in [-0.15, -0.1) is 0 Å². The maximum atomic E-state index is 12.1. The van der Waals surface area contributed by atoms with E-state index in [2.05, 4.69) is 32.9 Å². The largest absolute Gasteiger partial charge is 0.388 e. The normalized spacial score (nSPS) is 15.6. The lowest BCUT2D eigenvalue weighted by atomic mass is 10.0. The zero-order chi connectivity index (χ0) is 14.7. The second-order valence-corrected chi connectivity index (χ2v) is 6.18. The van der Waals surface area contributed by atoms with Crippen molar-refractivity contribution >= 4 is 5.91 Å². The van der Waals surface area contributed by atoms with Crippen molar-refractivity contribution in [1.82, 2.24) is 4.90 Å². The number of amides is 1. The minimum atomic E-state index is -0.384. The van der Waals surface area contributed by atoms with E-state index in [0.29, 0.717) is 25.4 Å². The molecule has 110 valence electrons. The van der Waals surface area contributed by atoms with Crippen molar-refractivity contribution in [2.75, 3.05) is 0 Å². The van der Waals surface area contributed by atoms with Gasteiger partial charge < -0.3 is 10.0 Å². The summed E-state index contributed by atoms with van der Waals surface area (Å²) in [6, 6.07) is 6.13. The van der Waals surface area contributed by atoms with Gasteiger partial charge in [-0.3, -0.25) is 4.79 Å². The minimum Gasteiger partial charge on any atom is -0.388 e. The van der Waals surface area contributed by atoms with Gasteiger partial charge in [0.1, 0.15) is 0 Å². The van der Waals surface area contributed by atoms with Gasteiger partial charge in [0.15, 0.2) is 0 Å². The van der Waals surface area contributed by atoms with E-state index in [4.69, 9.17) is 0 Å². The number of aliphatic hydroxyl groups excluding tert-OH is 1. The molecule has 0 saturated heterocycles. The predicted octanol–water partition coefficient (Wildman–Crippen LogP) is 3.41. The highest BCUT2D eigenvalue weighted by molar-refractivity contribution is 5.77. The van der Waals surface area contributed by atoms with Crippen LogP contribution in [0.3, 0.4) is 0 Å². The summed E-state index contributed by atoms with van der Waals surface area (Å²) in [6.07, 6.45) is 1.98. The van der Waals surface area contributed by atoms with Crippen LogP contribution < -0.4 is 0 Å². The molecule has 0 bridgehead atoms. The Morgan fingerprint density at radius 1 is 1.30 bits per heavy atom. The van der Waals surface area contributed by atoms with E-state index in [-0.39, 0.29) is 12.0 Å². The summed E-state index contributed by atoms with van der Waals surface area (Å²) < 4.78 is 0. The van der Waals surface area contributed by atoms with Crippen molar-refractivity contribution in [2.24, 2.45) is 5.92 Å². The van der Waals surface area contributed by atoms with Crippen LogP contribution in [0.5, 0.6) is 0 Å². The molecule has 1 amide bonds. The fourth-order valence-electron chi connectivity index (χ4n) is 2.72. The molecule has 1 heterocycles. The molecular weight excluding hydrogens is 250 g/mol. The molecule has 0 saturated carbocycles. The molecule has 1 unspecified atom stereocenters. The number of carbonyl (C=O) groups is 1. The van der Waals surface area contributed by atoms with E-state index in [1.54, 1.807) is 0 Å². The highest BCUT2D eigenvalue weighted by Gasteiger charge is 2.24. The van der Waals surface area contributed by atoms with Gasteiger partial charge in [0.2, 0.25) is 5.91 Å². The first-order valence-electron chi connectivity index (χ1n) is 7.58. The molecule has 0 spiro atoms. The summed E-state index contributed by atoms with van der Waals surface area (Å²) in [7, 11) is 0. The molecule has 0 aliphatic carbocycles. The van der Waals surface area contributed by atoms with Crippen LogP contribution in [-0.2, 0) is 17.9 Å². The van der Waals surface area contributed by atoms with E-state index < -0.39 is 0 Å². The minimum absolute atomic E-state index is 0.229. The standard InChI is InChI=1S/C17H25NO2/c1-4-5-16(19)13-6-7-14-10-18(11-15(14)9-13)17(20)8-12(2)3/h6-7,9,12,16,19H,4-5,8,10-11H2,1-3H3. The average Bonchev–Trinajstić information content (AvgIpc) is 2.81. The Labute approximate surface area is 121 Å². The first kappa shape index (κ1) is 15.0. The van der Waals surface area contributed by atoms with Crippen molar-refractivity contribution in [3.8, 4) is 0 Å². The molecule has 2 rings (SSSR count). The van der Waals surface area contributed by atoms with Gasteiger partial charge in [0.25, 0.3) is 0 Å². The van der Waals surface area contributed by atoms with Crippen molar-refractivity contribution < 1.29 is 9.90 Å². The fraction of sp³-hybridized carbons (Fsp3) is 0.588. The lowest BCUT2D eigenvalue weighted by Gasteiger charge is -2.16.